The first-order valence-corrected chi connectivity index (χ1v) is 5.89. The predicted molar refractivity (Wildman–Crippen MR) is 68.9 cm³/mol. The fourth-order valence-corrected chi connectivity index (χ4v) is 1.42. The van der Waals surface area contributed by atoms with Crippen molar-refractivity contribution in [3.8, 4) is 11.7 Å². The van der Waals surface area contributed by atoms with Gasteiger partial charge in [-0.1, -0.05) is 23.4 Å². The van der Waals surface area contributed by atoms with Crippen molar-refractivity contribution in [1.82, 2.24) is 5.16 Å². The molecule has 3 N–H and O–H groups in total. The van der Waals surface area contributed by atoms with Gasteiger partial charge in [0.1, 0.15) is 24.5 Å². The summed E-state index contributed by atoms with van der Waals surface area (Å²) in [6.45, 7) is 1.90. The average molecular weight is 264 g/mol. The highest BCUT2D eigenvalue weighted by molar-refractivity contribution is 5.43. The van der Waals surface area contributed by atoms with Crippen LogP contribution in [0.25, 0.3) is 0 Å². The second-order valence-electron chi connectivity index (χ2n) is 4.10. The SMILES string of the molecule is CC(O)COc1onc(N)c1COc1ccccc1. The van der Waals surface area contributed by atoms with Gasteiger partial charge in [0.05, 0.1) is 6.10 Å². The van der Waals surface area contributed by atoms with Crippen LogP contribution in [0.3, 0.4) is 0 Å². The maximum atomic E-state index is 9.17. The second kappa shape index (κ2) is 6.10. The van der Waals surface area contributed by atoms with Crippen molar-refractivity contribution in [2.24, 2.45) is 0 Å². The molecule has 1 aromatic carbocycles. The van der Waals surface area contributed by atoms with E-state index in [1.807, 2.05) is 30.3 Å². The number of aliphatic hydroxyl groups is 1. The molecule has 0 bridgehead atoms. The third-order valence-electron chi connectivity index (χ3n) is 2.36. The number of aromatic nitrogens is 1. The lowest BCUT2D eigenvalue weighted by atomic mass is 10.3. The van der Waals surface area contributed by atoms with Gasteiger partial charge < -0.3 is 24.8 Å². The number of nitrogen functional groups attached to an aromatic ring is 1. The Morgan fingerprint density at radius 1 is 1.32 bits per heavy atom. The third-order valence-corrected chi connectivity index (χ3v) is 2.36. The van der Waals surface area contributed by atoms with Crippen LogP contribution < -0.4 is 15.2 Å². The lowest BCUT2D eigenvalue weighted by Crippen LogP contribution is -2.13. The van der Waals surface area contributed by atoms with Gasteiger partial charge in [0.25, 0.3) is 0 Å². The Bertz CT molecular complexity index is 511. The molecule has 6 nitrogen and oxygen atoms in total. The van der Waals surface area contributed by atoms with E-state index in [2.05, 4.69) is 5.16 Å². The summed E-state index contributed by atoms with van der Waals surface area (Å²) in [6.07, 6.45) is -0.603. The Morgan fingerprint density at radius 3 is 2.74 bits per heavy atom. The Hall–Kier alpha value is -2.21. The molecule has 0 spiro atoms. The Balaban J connectivity index is 2.01. The van der Waals surface area contributed by atoms with Crippen LogP contribution in [0.4, 0.5) is 5.82 Å². The highest BCUT2D eigenvalue weighted by Crippen LogP contribution is 2.26. The Morgan fingerprint density at radius 2 is 2.05 bits per heavy atom. The van der Waals surface area contributed by atoms with E-state index in [9.17, 15) is 0 Å². The molecule has 0 saturated heterocycles. The van der Waals surface area contributed by atoms with Crippen molar-refractivity contribution in [3.05, 3.63) is 35.9 Å². The van der Waals surface area contributed by atoms with Gasteiger partial charge in [-0.25, -0.2) is 0 Å². The average Bonchev–Trinajstić information content (AvgIpc) is 2.76. The summed E-state index contributed by atoms with van der Waals surface area (Å²) in [7, 11) is 0. The van der Waals surface area contributed by atoms with E-state index in [1.54, 1.807) is 6.92 Å². The van der Waals surface area contributed by atoms with E-state index >= 15 is 0 Å². The number of benzene rings is 1. The van der Waals surface area contributed by atoms with Crippen molar-refractivity contribution < 1.29 is 19.1 Å². The van der Waals surface area contributed by atoms with Crippen molar-refractivity contribution in [2.45, 2.75) is 19.6 Å². The molecule has 0 amide bonds. The number of hydrogen-bond donors (Lipinski definition) is 2. The lowest BCUT2D eigenvalue weighted by Gasteiger charge is -2.08. The highest BCUT2D eigenvalue weighted by Gasteiger charge is 2.16. The fourth-order valence-electron chi connectivity index (χ4n) is 1.42. The number of para-hydroxylation sites is 1. The van der Waals surface area contributed by atoms with Crippen LogP contribution in [0.2, 0.25) is 0 Å². The molecule has 6 heteroatoms. The summed E-state index contributed by atoms with van der Waals surface area (Å²) in [5, 5.41) is 12.8. The lowest BCUT2D eigenvalue weighted by molar-refractivity contribution is 0.0981. The zero-order valence-corrected chi connectivity index (χ0v) is 10.6. The smallest absolute Gasteiger partial charge is 0.320 e. The summed E-state index contributed by atoms with van der Waals surface area (Å²) < 4.78 is 15.8. The molecule has 0 aliphatic rings. The number of nitrogens with two attached hydrogens (primary N) is 1. The van der Waals surface area contributed by atoms with Crippen molar-refractivity contribution in [2.75, 3.05) is 12.3 Å². The molecule has 1 heterocycles. The van der Waals surface area contributed by atoms with Gasteiger partial charge in [-0.2, -0.15) is 0 Å². The topological polar surface area (TPSA) is 90.7 Å². The monoisotopic (exact) mass is 264 g/mol. The zero-order chi connectivity index (χ0) is 13.7. The van der Waals surface area contributed by atoms with Crippen molar-refractivity contribution >= 4 is 5.82 Å². The minimum absolute atomic E-state index is 0.104. The van der Waals surface area contributed by atoms with Gasteiger partial charge in [-0.3, -0.25) is 0 Å². The first-order valence-electron chi connectivity index (χ1n) is 5.89. The molecule has 0 saturated carbocycles. The minimum Gasteiger partial charge on any atom is -0.488 e. The molecule has 1 unspecified atom stereocenters. The molecule has 0 radical (unpaired) electrons. The molecule has 102 valence electrons. The Labute approximate surface area is 110 Å². The number of nitrogens with zero attached hydrogens (tertiary/aromatic N) is 1. The van der Waals surface area contributed by atoms with Gasteiger partial charge in [0, 0.05) is 0 Å². The Kier molecular flexibility index (Phi) is 4.25. The van der Waals surface area contributed by atoms with Crippen LogP contribution in [0.1, 0.15) is 12.5 Å². The second-order valence-corrected chi connectivity index (χ2v) is 4.10. The third kappa shape index (κ3) is 3.62. The normalized spacial score (nSPS) is 12.1. The summed E-state index contributed by atoms with van der Waals surface area (Å²) in [6, 6.07) is 9.31. The number of hydrogen-bond acceptors (Lipinski definition) is 6. The van der Waals surface area contributed by atoms with E-state index in [0.29, 0.717) is 11.3 Å². The summed E-state index contributed by atoms with van der Waals surface area (Å²) in [5.41, 5.74) is 6.22. The first kappa shape index (κ1) is 13.2. The maximum absolute atomic E-state index is 9.17. The molecule has 2 aromatic rings. The molecule has 0 aliphatic heterocycles. The summed E-state index contributed by atoms with van der Waals surface area (Å²) >= 11 is 0. The number of anilines is 1. The molecule has 19 heavy (non-hydrogen) atoms. The largest absolute Gasteiger partial charge is 0.488 e. The van der Waals surface area contributed by atoms with Crippen LogP contribution in [-0.2, 0) is 6.61 Å². The minimum atomic E-state index is -0.603. The van der Waals surface area contributed by atoms with E-state index in [-0.39, 0.29) is 25.0 Å². The van der Waals surface area contributed by atoms with Crippen LogP contribution in [-0.4, -0.2) is 23.0 Å². The summed E-state index contributed by atoms with van der Waals surface area (Å²) in [4.78, 5) is 0. The van der Waals surface area contributed by atoms with Crippen LogP contribution in [0.15, 0.2) is 34.9 Å². The molecular weight excluding hydrogens is 248 g/mol. The zero-order valence-electron chi connectivity index (χ0n) is 10.6. The van der Waals surface area contributed by atoms with E-state index in [4.69, 9.17) is 24.8 Å². The molecular formula is C13H16N2O4. The first-order chi connectivity index (χ1) is 9.16. The number of ether oxygens (including phenoxy) is 2. The standard InChI is InChI=1S/C13H16N2O4/c1-9(16)7-18-13-11(12(14)15-19-13)8-17-10-5-3-2-4-6-10/h2-6,9,16H,7-8H2,1H3,(H2,14,15). The van der Waals surface area contributed by atoms with Gasteiger partial charge >= 0.3 is 5.95 Å². The van der Waals surface area contributed by atoms with Crippen LogP contribution in [0, 0.1) is 0 Å². The van der Waals surface area contributed by atoms with Gasteiger partial charge in [0.15, 0.2) is 5.82 Å². The van der Waals surface area contributed by atoms with E-state index in [0.717, 1.165) is 0 Å². The fraction of sp³-hybridized carbons (Fsp3) is 0.308. The highest BCUT2D eigenvalue weighted by atomic mass is 16.6. The molecule has 0 aliphatic carbocycles. The summed E-state index contributed by atoms with van der Waals surface area (Å²) in [5.74, 6) is 1.11. The molecule has 0 fully saturated rings. The van der Waals surface area contributed by atoms with Crippen molar-refractivity contribution in [1.29, 1.82) is 0 Å². The predicted octanol–water partition coefficient (Wildman–Crippen LogP) is 1.60. The number of rotatable bonds is 6. The van der Waals surface area contributed by atoms with Crippen LogP contribution in [0.5, 0.6) is 11.7 Å². The van der Waals surface area contributed by atoms with Crippen molar-refractivity contribution in [3.63, 3.8) is 0 Å². The molecule has 1 aromatic heterocycles. The molecule has 1 atom stereocenters. The number of aliphatic hydroxyl groups excluding tert-OH is 1. The molecule has 2 rings (SSSR count). The van der Waals surface area contributed by atoms with Crippen LogP contribution >= 0.6 is 0 Å². The quantitative estimate of drug-likeness (QED) is 0.823. The van der Waals surface area contributed by atoms with Gasteiger partial charge in [-0.05, 0) is 19.1 Å². The van der Waals surface area contributed by atoms with Gasteiger partial charge in [-0.15, -0.1) is 0 Å². The van der Waals surface area contributed by atoms with Gasteiger partial charge in [0.2, 0.25) is 0 Å². The van der Waals surface area contributed by atoms with E-state index < -0.39 is 6.10 Å². The van der Waals surface area contributed by atoms with E-state index in [1.165, 1.54) is 0 Å². The maximum Gasteiger partial charge on any atom is 0.320 e.